The van der Waals surface area contributed by atoms with Crippen LogP contribution in [0, 0.1) is 0 Å². The van der Waals surface area contributed by atoms with E-state index < -0.39 is 0 Å². The molecule has 82 valence electrons. The molecule has 0 aliphatic heterocycles. The van der Waals surface area contributed by atoms with Crippen molar-refractivity contribution in [1.29, 1.82) is 0 Å². The van der Waals surface area contributed by atoms with E-state index >= 15 is 0 Å². The molecule has 0 aromatic carbocycles. The maximum Gasteiger partial charge on any atom is 0.0594 e. The fraction of sp³-hybridized carbons (Fsp3) is 0.818. The van der Waals surface area contributed by atoms with Gasteiger partial charge in [-0.3, -0.25) is 0 Å². The zero-order chi connectivity index (χ0) is 10.1. The maximum absolute atomic E-state index is 5.74. The third-order valence-corrected chi connectivity index (χ3v) is 2.71. The Balaban J connectivity index is 1.87. The van der Waals surface area contributed by atoms with E-state index in [2.05, 4.69) is 5.32 Å². The molecule has 0 bridgehead atoms. The quantitative estimate of drug-likeness (QED) is 0.691. The molecule has 3 heteroatoms. The van der Waals surface area contributed by atoms with E-state index in [0.717, 1.165) is 19.7 Å². The molecule has 0 spiro atoms. The first kappa shape index (κ1) is 12.0. The highest BCUT2D eigenvalue weighted by Gasteiger charge is 2.12. The summed E-state index contributed by atoms with van der Waals surface area (Å²) in [5.41, 5.74) is 1.54. The molecule has 0 aromatic rings. The Kier molecular flexibility index (Phi) is 7.10. The van der Waals surface area contributed by atoms with Crippen LogP contribution in [0.15, 0.2) is 11.6 Å². The van der Waals surface area contributed by atoms with Crippen LogP contribution in [0.25, 0.3) is 0 Å². The minimum absolute atomic E-state index is 0.522. The summed E-state index contributed by atoms with van der Waals surface area (Å²) in [6.45, 7) is 2.57. The number of hydrogen-bond acceptors (Lipinski definition) is 2. The molecule has 2 nitrogen and oxygen atoms in total. The summed E-state index contributed by atoms with van der Waals surface area (Å²) in [4.78, 5) is 0. The van der Waals surface area contributed by atoms with Crippen molar-refractivity contribution in [2.45, 2.75) is 38.2 Å². The molecule has 1 fully saturated rings. The molecule has 14 heavy (non-hydrogen) atoms. The molecular weight excluding hydrogens is 198 g/mol. The number of nitrogens with one attached hydrogen (secondary N) is 1. The largest absolute Gasteiger partial charge is 0.377 e. The highest BCUT2D eigenvalue weighted by molar-refractivity contribution is 6.25. The van der Waals surface area contributed by atoms with Crippen LogP contribution in [-0.4, -0.2) is 25.8 Å². The fourth-order valence-electron chi connectivity index (χ4n) is 1.76. The van der Waals surface area contributed by atoms with E-state index in [9.17, 15) is 0 Å². The molecule has 0 saturated heterocycles. The number of halogens is 1. The fourth-order valence-corrected chi connectivity index (χ4v) is 1.85. The SMILES string of the molecule is Cl/C=C/CNCCOC1CCCCC1. The lowest BCUT2D eigenvalue weighted by molar-refractivity contribution is 0.0306. The lowest BCUT2D eigenvalue weighted by atomic mass is 9.98. The normalized spacial score (nSPS) is 19.2. The van der Waals surface area contributed by atoms with Gasteiger partial charge in [0.25, 0.3) is 0 Å². The standard InChI is InChI=1S/C11H20ClNO/c12-7-4-8-13-9-10-14-11-5-2-1-3-6-11/h4,7,11,13H,1-3,5-6,8-10H2/b7-4+. The van der Waals surface area contributed by atoms with Gasteiger partial charge in [0.2, 0.25) is 0 Å². The van der Waals surface area contributed by atoms with Gasteiger partial charge >= 0.3 is 0 Å². The molecule has 0 atom stereocenters. The van der Waals surface area contributed by atoms with Crippen LogP contribution in [-0.2, 0) is 4.74 Å². The summed E-state index contributed by atoms with van der Waals surface area (Å²) in [5, 5.41) is 3.23. The highest BCUT2D eigenvalue weighted by atomic mass is 35.5. The van der Waals surface area contributed by atoms with E-state index in [-0.39, 0.29) is 0 Å². The van der Waals surface area contributed by atoms with Crippen LogP contribution in [0.1, 0.15) is 32.1 Å². The average Bonchev–Trinajstić information content (AvgIpc) is 2.25. The van der Waals surface area contributed by atoms with E-state index in [1.807, 2.05) is 6.08 Å². The molecule has 0 unspecified atom stereocenters. The molecule has 0 amide bonds. The molecule has 0 aromatic heterocycles. The molecule has 0 heterocycles. The molecular formula is C11H20ClNO. The van der Waals surface area contributed by atoms with Gasteiger partial charge in [0.15, 0.2) is 0 Å². The van der Waals surface area contributed by atoms with Gasteiger partial charge in [-0.2, -0.15) is 0 Å². The second-order valence-corrected chi connectivity index (χ2v) is 3.95. The monoisotopic (exact) mass is 217 g/mol. The van der Waals surface area contributed by atoms with Gasteiger partial charge in [0.05, 0.1) is 12.7 Å². The van der Waals surface area contributed by atoms with Crippen LogP contribution in [0.5, 0.6) is 0 Å². The Morgan fingerprint density at radius 3 is 2.79 bits per heavy atom. The van der Waals surface area contributed by atoms with Gasteiger partial charge in [0.1, 0.15) is 0 Å². The number of ether oxygens (including phenoxy) is 1. The minimum atomic E-state index is 0.522. The number of rotatable bonds is 6. The van der Waals surface area contributed by atoms with Crippen LogP contribution in [0.4, 0.5) is 0 Å². The van der Waals surface area contributed by atoms with Gasteiger partial charge in [-0.15, -0.1) is 0 Å². The van der Waals surface area contributed by atoms with Crippen molar-refractivity contribution in [3.63, 3.8) is 0 Å². The molecule has 1 rings (SSSR count). The first-order chi connectivity index (χ1) is 6.93. The Morgan fingerprint density at radius 1 is 1.29 bits per heavy atom. The smallest absolute Gasteiger partial charge is 0.0594 e. The zero-order valence-electron chi connectivity index (χ0n) is 8.68. The Labute approximate surface area is 91.7 Å². The van der Waals surface area contributed by atoms with Crippen molar-refractivity contribution in [3.8, 4) is 0 Å². The van der Waals surface area contributed by atoms with Gasteiger partial charge in [-0.25, -0.2) is 0 Å². The topological polar surface area (TPSA) is 21.3 Å². The van der Waals surface area contributed by atoms with Crippen molar-refractivity contribution in [2.75, 3.05) is 19.7 Å². The molecule has 1 N–H and O–H groups in total. The second-order valence-electron chi connectivity index (χ2n) is 3.70. The third-order valence-electron chi connectivity index (χ3n) is 2.54. The summed E-state index contributed by atoms with van der Waals surface area (Å²) in [6, 6.07) is 0. The van der Waals surface area contributed by atoms with E-state index in [4.69, 9.17) is 16.3 Å². The van der Waals surface area contributed by atoms with Crippen LogP contribution in [0.3, 0.4) is 0 Å². The number of hydrogen-bond donors (Lipinski definition) is 1. The first-order valence-electron chi connectivity index (χ1n) is 5.51. The lowest BCUT2D eigenvalue weighted by Gasteiger charge is -2.21. The summed E-state index contributed by atoms with van der Waals surface area (Å²) in [7, 11) is 0. The van der Waals surface area contributed by atoms with Gasteiger partial charge in [0, 0.05) is 18.6 Å². The Hall–Kier alpha value is -0.0500. The van der Waals surface area contributed by atoms with Crippen LogP contribution in [0.2, 0.25) is 0 Å². The second kappa shape index (κ2) is 8.27. The Bertz CT molecular complexity index is 155. The molecule has 1 saturated carbocycles. The summed E-state index contributed by atoms with van der Waals surface area (Å²) >= 11 is 5.38. The highest BCUT2D eigenvalue weighted by Crippen LogP contribution is 2.19. The molecule has 0 radical (unpaired) electrons. The van der Waals surface area contributed by atoms with Crippen molar-refractivity contribution >= 4 is 11.6 Å². The van der Waals surface area contributed by atoms with Crippen molar-refractivity contribution in [1.82, 2.24) is 5.32 Å². The Morgan fingerprint density at radius 2 is 2.07 bits per heavy atom. The zero-order valence-corrected chi connectivity index (χ0v) is 9.43. The predicted octanol–water partition coefficient (Wildman–Crippen LogP) is 2.68. The van der Waals surface area contributed by atoms with E-state index in [1.54, 1.807) is 0 Å². The van der Waals surface area contributed by atoms with Crippen molar-refractivity contribution < 1.29 is 4.74 Å². The molecule has 1 aliphatic rings. The van der Waals surface area contributed by atoms with E-state index in [0.29, 0.717) is 6.10 Å². The van der Waals surface area contributed by atoms with Crippen LogP contribution >= 0.6 is 11.6 Å². The van der Waals surface area contributed by atoms with Crippen LogP contribution < -0.4 is 5.32 Å². The average molecular weight is 218 g/mol. The minimum Gasteiger partial charge on any atom is -0.377 e. The van der Waals surface area contributed by atoms with Gasteiger partial charge in [-0.1, -0.05) is 36.9 Å². The van der Waals surface area contributed by atoms with E-state index in [1.165, 1.54) is 37.6 Å². The summed E-state index contributed by atoms with van der Waals surface area (Å²) in [5.74, 6) is 0. The lowest BCUT2D eigenvalue weighted by Crippen LogP contribution is -2.24. The molecule has 1 aliphatic carbocycles. The summed E-state index contributed by atoms with van der Waals surface area (Å²) in [6.07, 6.45) is 8.98. The van der Waals surface area contributed by atoms with Crippen molar-refractivity contribution in [2.24, 2.45) is 0 Å². The first-order valence-corrected chi connectivity index (χ1v) is 5.94. The van der Waals surface area contributed by atoms with Gasteiger partial charge < -0.3 is 10.1 Å². The van der Waals surface area contributed by atoms with Gasteiger partial charge in [-0.05, 0) is 12.8 Å². The third kappa shape index (κ3) is 5.63. The predicted molar refractivity (Wildman–Crippen MR) is 60.7 cm³/mol. The maximum atomic E-state index is 5.74. The summed E-state index contributed by atoms with van der Waals surface area (Å²) < 4.78 is 5.74. The van der Waals surface area contributed by atoms with Crippen molar-refractivity contribution in [3.05, 3.63) is 11.6 Å².